The van der Waals surface area contributed by atoms with Crippen LogP contribution in [0.3, 0.4) is 0 Å². The minimum absolute atomic E-state index is 0.282. The summed E-state index contributed by atoms with van der Waals surface area (Å²) in [6, 6.07) is 16.0. The quantitative estimate of drug-likeness (QED) is 0.701. The molecule has 0 aliphatic heterocycles. The van der Waals surface area contributed by atoms with Crippen LogP contribution in [0.4, 0.5) is 5.69 Å². The zero-order valence-corrected chi connectivity index (χ0v) is 14.2. The van der Waals surface area contributed by atoms with E-state index in [1.54, 1.807) is 0 Å². The molecule has 0 aliphatic rings. The van der Waals surface area contributed by atoms with E-state index in [9.17, 15) is 5.11 Å². The Hall–Kier alpha value is -1.27. The Balaban J connectivity index is 1.76. The van der Waals surface area contributed by atoms with Gasteiger partial charge in [0.25, 0.3) is 0 Å². The number of rotatable bonds is 7. The SMILES string of the molecule is CCc1cccc(OCC(O)CNc2ccc(I)cc2)c1. The van der Waals surface area contributed by atoms with Gasteiger partial charge in [0.1, 0.15) is 18.5 Å². The van der Waals surface area contributed by atoms with E-state index in [0.29, 0.717) is 6.54 Å². The second-order valence-corrected chi connectivity index (χ2v) is 6.10. The van der Waals surface area contributed by atoms with Gasteiger partial charge in [0.15, 0.2) is 0 Å². The second kappa shape index (κ2) is 8.24. The molecule has 2 aromatic carbocycles. The summed E-state index contributed by atoms with van der Waals surface area (Å²) in [6.07, 6.45) is 0.434. The Morgan fingerprint density at radius 2 is 1.95 bits per heavy atom. The van der Waals surface area contributed by atoms with Gasteiger partial charge in [0.2, 0.25) is 0 Å². The van der Waals surface area contributed by atoms with Crippen LogP contribution in [0.5, 0.6) is 5.75 Å². The van der Waals surface area contributed by atoms with E-state index in [2.05, 4.69) is 40.9 Å². The summed E-state index contributed by atoms with van der Waals surface area (Å²) in [5.41, 5.74) is 2.24. The van der Waals surface area contributed by atoms with E-state index in [4.69, 9.17) is 4.74 Å². The van der Waals surface area contributed by atoms with Gasteiger partial charge in [0.05, 0.1) is 0 Å². The molecule has 1 unspecified atom stereocenters. The van der Waals surface area contributed by atoms with Gasteiger partial charge in [-0.05, 0) is 71.0 Å². The van der Waals surface area contributed by atoms with Gasteiger partial charge in [-0.3, -0.25) is 0 Å². The predicted molar refractivity (Wildman–Crippen MR) is 95.0 cm³/mol. The highest BCUT2D eigenvalue weighted by Gasteiger charge is 2.05. The molecule has 0 fully saturated rings. The van der Waals surface area contributed by atoms with Crippen LogP contribution in [0, 0.1) is 3.57 Å². The molecule has 0 heterocycles. The molecular weight excluding hydrogens is 377 g/mol. The first-order valence-electron chi connectivity index (χ1n) is 7.06. The van der Waals surface area contributed by atoms with Crippen LogP contribution in [-0.2, 0) is 6.42 Å². The lowest BCUT2D eigenvalue weighted by Crippen LogP contribution is -2.26. The molecule has 0 saturated heterocycles. The molecule has 3 nitrogen and oxygen atoms in total. The first-order chi connectivity index (χ1) is 10.2. The molecule has 2 aromatic rings. The van der Waals surface area contributed by atoms with Gasteiger partial charge in [-0.15, -0.1) is 0 Å². The number of ether oxygens (including phenoxy) is 1. The Morgan fingerprint density at radius 3 is 2.67 bits per heavy atom. The van der Waals surface area contributed by atoms with Crippen molar-refractivity contribution < 1.29 is 9.84 Å². The summed E-state index contributed by atoms with van der Waals surface area (Å²) < 4.78 is 6.82. The van der Waals surface area contributed by atoms with Gasteiger partial charge >= 0.3 is 0 Å². The number of halogens is 1. The van der Waals surface area contributed by atoms with Crippen molar-refractivity contribution in [2.45, 2.75) is 19.4 Å². The average Bonchev–Trinajstić information content (AvgIpc) is 2.52. The summed E-state index contributed by atoms with van der Waals surface area (Å²) in [7, 11) is 0. The maximum atomic E-state index is 9.96. The van der Waals surface area contributed by atoms with Crippen molar-refractivity contribution in [1.29, 1.82) is 0 Å². The molecule has 112 valence electrons. The normalized spacial score (nSPS) is 12.0. The van der Waals surface area contributed by atoms with E-state index >= 15 is 0 Å². The van der Waals surface area contributed by atoms with Crippen molar-refractivity contribution >= 4 is 28.3 Å². The monoisotopic (exact) mass is 397 g/mol. The minimum atomic E-state index is -0.547. The second-order valence-electron chi connectivity index (χ2n) is 4.85. The zero-order valence-electron chi connectivity index (χ0n) is 12.1. The van der Waals surface area contributed by atoms with Crippen LogP contribution in [-0.4, -0.2) is 24.4 Å². The molecule has 0 aliphatic carbocycles. The number of aryl methyl sites for hydroxylation is 1. The fraction of sp³-hybridized carbons (Fsp3) is 0.294. The highest BCUT2D eigenvalue weighted by molar-refractivity contribution is 14.1. The standard InChI is InChI=1S/C17H20INO2/c1-2-13-4-3-5-17(10-13)21-12-16(20)11-19-15-8-6-14(18)7-9-15/h3-10,16,19-20H,2,11-12H2,1H3. The van der Waals surface area contributed by atoms with Crippen LogP contribution in [0.15, 0.2) is 48.5 Å². The van der Waals surface area contributed by atoms with Gasteiger partial charge in [-0.25, -0.2) is 0 Å². The maximum absolute atomic E-state index is 9.96. The topological polar surface area (TPSA) is 41.5 Å². The van der Waals surface area contributed by atoms with Crippen LogP contribution in [0.2, 0.25) is 0 Å². The molecular formula is C17H20INO2. The first kappa shape index (κ1) is 16.1. The van der Waals surface area contributed by atoms with E-state index in [0.717, 1.165) is 17.9 Å². The van der Waals surface area contributed by atoms with Crippen molar-refractivity contribution in [2.75, 3.05) is 18.5 Å². The number of hydrogen-bond donors (Lipinski definition) is 2. The molecule has 21 heavy (non-hydrogen) atoms. The molecule has 2 N–H and O–H groups in total. The molecule has 1 atom stereocenters. The molecule has 0 amide bonds. The lowest BCUT2D eigenvalue weighted by Gasteiger charge is -2.14. The fourth-order valence-electron chi connectivity index (χ4n) is 1.91. The molecule has 0 saturated carbocycles. The number of aliphatic hydroxyl groups excluding tert-OH is 1. The summed E-state index contributed by atoms with van der Waals surface area (Å²) in [5.74, 6) is 0.808. The third-order valence-electron chi connectivity index (χ3n) is 3.14. The van der Waals surface area contributed by atoms with Crippen molar-refractivity contribution in [2.24, 2.45) is 0 Å². The van der Waals surface area contributed by atoms with Gasteiger partial charge < -0.3 is 15.2 Å². The summed E-state index contributed by atoms with van der Waals surface area (Å²) in [6.45, 7) is 2.86. The van der Waals surface area contributed by atoms with Crippen molar-refractivity contribution in [3.63, 3.8) is 0 Å². The fourth-order valence-corrected chi connectivity index (χ4v) is 2.27. The van der Waals surface area contributed by atoms with Crippen molar-refractivity contribution in [3.05, 3.63) is 57.7 Å². The number of anilines is 1. The number of nitrogens with one attached hydrogen (secondary N) is 1. The van der Waals surface area contributed by atoms with Gasteiger partial charge in [0, 0.05) is 15.8 Å². The number of hydrogen-bond acceptors (Lipinski definition) is 3. The molecule has 0 bridgehead atoms. The molecule has 0 radical (unpaired) electrons. The van der Waals surface area contributed by atoms with E-state index in [1.807, 2.05) is 42.5 Å². The molecule has 2 rings (SSSR count). The van der Waals surface area contributed by atoms with Crippen LogP contribution in [0.1, 0.15) is 12.5 Å². The molecule has 0 spiro atoms. The van der Waals surface area contributed by atoms with Gasteiger partial charge in [-0.2, -0.15) is 0 Å². The highest BCUT2D eigenvalue weighted by Crippen LogP contribution is 2.14. The Morgan fingerprint density at radius 1 is 1.19 bits per heavy atom. The lowest BCUT2D eigenvalue weighted by molar-refractivity contribution is 0.117. The molecule has 0 aromatic heterocycles. The molecule has 4 heteroatoms. The lowest BCUT2D eigenvalue weighted by atomic mass is 10.2. The largest absolute Gasteiger partial charge is 0.491 e. The number of benzene rings is 2. The number of aliphatic hydroxyl groups is 1. The van der Waals surface area contributed by atoms with Crippen LogP contribution >= 0.6 is 22.6 Å². The third-order valence-corrected chi connectivity index (χ3v) is 3.85. The maximum Gasteiger partial charge on any atom is 0.119 e. The average molecular weight is 397 g/mol. The van der Waals surface area contributed by atoms with E-state index < -0.39 is 6.10 Å². The van der Waals surface area contributed by atoms with E-state index in [1.165, 1.54) is 9.13 Å². The smallest absolute Gasteiger partial charge is 0.119 e. The first-order valence-corrected chi connectivity index (χ1v) is 8.14. The minimum Gasteiger partial charge on any atom is -0.491 e. The Labute approximate surface area is 139 Å². The summed E-state index contributed by atoms with van der Waals surface area (Å²) in [4.78, 5) is 0. The Kier molecular flexibility index (Phi) is 6.32. The highest BCUT2D eigenvalue weighted by atomic mass is 127. The van der Waals surface area contributed by atoms with Crippen molar-refractivity contribution in [3.8, 4) is 5.75 Å². The summed E-state index contributed by atoms with van der Waals surface area (Å²) in [5, 5.41) is 13.2. The Bertz CT molecular complexity index is 557. The third kappa shape index (κ3) is 5.55. The van der Waals surface area contributed by atoms with E-state index in [-0.39, 0.29) is 6.61 Å². The van der Waals surface area contributed by atoms with Crippen molar-refractivity contribution in [1.82, 2.24) is 0 Å². The zero-order chi connectivity index (χ0) is 15.1. The predicted octanol–water partition coefficient (Wildman–Crippen LogP) is 3.71. The summed E-state index contributed by atoms with van der Waals surface area (Å²) >= 11 is 2.27. The van der Waals surface area contributed by atoms with Crippen LogP contribution < -0.4 is 10.1 Å². The van der Waals surface area contributed by atoms with Gasteiger partial charge in [-0.1, -0.05) is 19.1 Å². The van der Waals surface area contributed by atoms with Crippen LogP contribution in [0.25, 0.3) is 0 Å².